The molecule has 84 valence electrons. The van der Waals surface area contributed by atoms with Crippen LogP contribution in [-0.2, 0) is 0 Å². The molecule has 16 heavy (non-hydrogen) atoms. The van der Waals surface area contributed by atoms with E-state index in [-0.39, 0.29) is 5.56 Å². The van der Waals surface area contributed by atoms with E-state index in [2.05, 4.69) is 0 Å². The maximum atomic E-state index is 10.8. The number of nitriles is 1. The van der Waals surface area contributed by atoms with Crippen LogP contribution in [0, 0.1) is 11.3 Å². The lowest BCUT2D eigenvalue weighted by Gasteiger charge is -2.20. The highest BCUT2D eigenvalue weighted by Crippen LogP contribution is 2.23. The van der Waals surface area contributed by atoms with Gasteiger partial charge in [0.25, 0.3) is 0 Å². The van der Waals surface area contributed by atoms with E-state index in [0.29, 0.717) is 11.3 Å². The van der Waals surface area contributed by atoms with Crippen molar-refractivity contribution < 1.29 is 14.3 Å². The molecule has 0 atom stereocenters. The molecule has 0 spiro atoms. The molecule has 0 heterocycles. The Bertz CT molecular complexity index is 457. The van der Waals surface area contributed by atoms with Crippen molar-refractivity contribution in [2.24, 2.45) is 0 Å². The van der Waals surface area contributed by atoms with Gasteiger partial charge in [0.1, 0.15) is 11.8 Å². The Labute approximate surface area is 95.2 Å². The zero-order valence-corrected chi connectivity index (χ0v) is 10.4. The Hall–Kier alpha value is -1.80. The van der Waals surface area contributed by atoms with Crippen molar-refractivity contribution in [2.45, 2.75) is 19.6 Å². The van der Waals surface area contributed by atoms with Crippen LogP contribution in [0.5, 0.6) is 5.75 Å². The van der Waals surface area contributed by atoms with E-state index in [1.165, 1.54) is 18.2 Å². The van der Waals surface area contributed by atoms with E-state index in [9.17, 15) is 4.79 Å². The standard InChI is InChI=1S/C11H13NO3Si/c1-16(2,3)15-10-6-8(11(13)14)4-5-9(10)7-12/h4-6H,1-3H3,(H,13,14). The van der Waals surface area contributed by atoms with Crippen LogP contribution in [-0.4, -0.2) is 19.4 Å². The number of hydrogen-bond donors (Lipinski definition) is 1. The van der Waals surface area contributed by atoms with Gasteiger partial charge in [0.05, 0.1) is 11.1 Å². The Balaban J connectivity index is 3.19. The number of aromatic carboxylic acids is 1. The van der Waals surface area contributed by atoms with Crippen LogP contribution in [0.4, 0.5) is 0 Å². The van der Waals surface area contributed by atoms with Gasteiger partial charge in [-0.05, 0) is 37.8 Å². The van der Waals surface area contributed by atoms with Crippen molar-refractivity contribution in [3.05, 3.63) is 29.3 Å². The van der Waals surface area contributed by atoms with Crippen molar-refractivity contribution in [3.8, 4) is 11.8 Å². The number of carbonyl (C=O) groups is 1. The number of carboxylic acid groups (broad SMARTS) is 1. The van der Waals surface area contributed by atoms with Crippen LogP contribution in [0.25, 0.3) is 0 Å². The fourth-order valence-electron chi connectivity index (χ4n) is 1.16. The highest BCUT2D eigenvalue weighted by atomic mass is 28.4. The summed E-state index contributed by atoms with van der Waals surface area (Å²) in [5, 5.41) is 17.7. The predicted octanol–water partition coefficient (Wildman–Crippen LogP) is 2.47. The van der Waals surface area contributed by atoms with Crippen LogP contribution in [0.3, 0.4) is 0 Å². The van der Waals surface area contributed by atoms with E-state index in [4.69, 9.17) is 14.8 Å². The quantitative estimate of drug-likeness (QED) is 0.817. The lowest BCUT2D eigenvalue weighted by atomic mass is 10.1. The molecule has 0 amide bonds. The Morgan fingerprint density at radius 3 is 2.50 bits per heavy atom. The van der Waals surface area contributed by atoms with Gasteiger partial charge in [0.15, 0.2) is 0 Å². The summed E-state index contributed by atoms with van der Waals surface area (Å²) in [6.45, 7) is 5.92. The van der Waals surface area contributed by atoms with Gasteiger partial charge in [-0.15, -0.1) is 0 Å². The lowest BCUT2D eigenvalue weighted by Crippen LogP contribution is -2.29. The molecule has 0 bridgehead atoms. The van der Waals surface area contributed by atoms with E-state index in [1.54, 1.807) is 0 Å². The van der Waals surface area contributed by atoms with Gasteiger partial charge in [-0.2, -0.15) is 5.26 Å². The van der Waals surface area contributed by atoms with Gasteiger partial charge in [-0.25, -0.2) is 4.79 Å². The Morgan fingerprint density at radius 1 is 1.44 bits per heavy atom. The average Bonchev–Trinajstić information content (AvgIpc) is 2.15. The first-order valence-corrected chi connectivity index (χ1v) is 8.21. The summed E-state index contributed by atoms with van der Waals surface area (Å²) in [7, 11) is -1.85. The topological polar surface area (TPSA) is 70.3 Å². The predicted molar refractivity (Wildman–Crippen MR) is 62.1 cm³/mol. The van der Waals surface area contributed by atoms with Crippen LogP contribution in [0.15, 0.2) is 18.2 Å². The van der Waals surface area contributed by atoms with Gasteiger partial charge in [0, 0.05) is 0 Å². The minimum absolute atomic E-state index is 0.132. The molecule has 0 aliphatic heterocycles. The van der Waals surface area contributed by atoms with Gasteiger partial charge in [-0.3, -0.25) is 0 Å². The van der Waals surface area contributed by atoms with E-state index >= 15 is 0 Å². The third-order valence-corrected chi connectivity index (χ3v) is 2.60. The molecule has 1 aromatic carbocycles. The second kappa shape index (κ2) is 4.37. The van der Waals surface area contributed by atoms with Crippen molar-refractivity contribution in [1.82, 2.24) is 0 Å². The monoisotopic (exact) mass is 235 g/mol. The second-order valence-electron chi connectivity index (χ2n) is 4.34. The average molecular weight is 235 g/mol. The number of nitrogens with zero attached hydrogens (tertiary/aromatic N) is 1. The SMILES string of the molecule is C[Si](C)(C)Oc1cc(C(=O)O)ccc1C#N. The summed E-state index contributed by atoms with van der Waals surface area (Å²) in [6, 6.07) is 6.26. The highest BCUT2D eigenvalue weighted by molar-refractivity contribution is 6.70. The first kappa shape index (κ1) is 12.3. The largest absolute Gasteiger partial charge is 0.543 e. The molecule has 1 aromatic rings. The molecule has 0 aliphatic carbocycles. The van der Waals surface area contributed by atoms with E-state index < -0.39 is 14.3 Å². The summed E-state index contributed by atoms with van der Waals surface area (Å²) in [4.78, 5) is 10.8. The van der Waals surface area contributed by atoms with Crippen LogP contribution >= 0.6 is 0 Å². The molecule has 0 unspecified atom stereocenters. The van der Waals surface area contributed by atoms with E-state index in [0.717, 1.165) is 0 Å². The summed E-state index contributed by atoms with van der Waals surface area (Å²) >= 11 is 0. The molecule has 0 radical (unpaired) electrons. The van der Waals surface area contributed by atoms with Crippen LogP contribution in [0.1, 0.15) is 15.9 Å². The molecule has 0 aromatic heterocycles. The lowest BCUT2D eigenvalue weighted by molar-refractivity contribution is 0.0696. The first-order chi connectivity index (χ1) is 7.33. The zero-order chi connectivity index (χ0) is 12.3. The molecular weight excluding hydrogens is 222 g/mol. The van der Waals surface area contributed by atoms with Gasteiger partial charge in [-0.1, -0.05) is 0 Å². The second-order valence-corrected chi connectivity index (χ2v) is 8.77. The third-order valence-electron chi connectivity index (χ3n) is 1.77. The van der Waals surface area contributed by atoms with Crippen LogP contribution in [0.2, 0.25) is 19.6 Å². The minimum Gasteiger partial charge on any atom is -0.543 e. The molecule has 0 aliphatic rings. The smallest absolute Gasteiger partial charge is 0.335 e. The van der Waals surface area contributed by atoms with Crippen molar-refractivity contribution >= 4 is 14.3 Å². The maximum absolute atomic E-state index is 10.8. The Morgan fingerprint density at radius 2 is 2.06 bits per heavy atom. The number of hydrogen-bond acceptors (Lipinski definition) is 3. The molecule has 0 saturated carbocycles. The summed E-state index contributed by atoms with van der Waals surface area (Å²) in [5.41, 5.74) is 0.500. The number of carboxylic acids is 1. The van der Waals surface area contributed by atoms with Gasteiger partial charge >= 0.3 is 5.97 Å². The third kappa shape index (κ3) is 3.10. The van der Waals surface area contributed by atoms with Gasteiger partial charge in [0.2, 0.25) is 8.32 Å². The summed E-state index contributed by atoms with van der Waals surface area (Å²) < 4.78 is 5.67. The minimum atomic E-state index is -1.85. The highest BCUT2D eigenvalue weighted by Gasteiger charge is 2.19. The molecule has 1 N–H and O–H groups in total. The fourth-order valence-corrected chi connectivity index (χ4v) is 1.99. The molecular formula is C11H13NO3Si. The number of benzene rings is 1. The molecule has 0 saturated heterocycles. The first-order valence-electron chi connectivity index (χ1n) is 4.80. The van der Waals surface area contributed by atoms with E-state index in [1.807, 2.05) is 25.7 Å². The van der Waals surface area contributed by atoms with Crippen molar-refractivity contribution in [3.63, 3.8) is 0 Å². The fraction of sp³-hybridized carbons (Fsp3) is 0.273. The summed E-state index contributed by atoms with van der Waals surface area (Å²) in [6.07, 6.45) is 0. The van der Waals surface area contributed by atoms with Crippen molar-refractivity contribution in [2.75, 3.05) is 0 Å². The normalized spacial score (nSPS) is 10.6. The molecule has 5 heteroatoms. The zero-order valence-electron chi connectivity index (χ0n) is 9.44. The number of rotatable bonds is 3. The molecule has 4 nitrogen and oxygen atoms in total. The maximum Gasteiger partial charge on any atom is 0.335 e. The summed E-state index contributed by atoms with van der Waals surface area (Å²) in [5.74, 6) is -0.661. The molecule has 1 rings (SSSR count). The van der Waals surface area contributed by atoms with Crippen LogP contribution < -0.4 is 4.43 Å². The molecule has 0 fully saturated rings. The Kier molecular flexibility index (Phi) is 3.35. The van der Waals surface area contributed by atoms with Crippen molar-refractivity contribution in [1.29, 1.82) is 5.26 Å². The van der Waals surface area contributed by atoms with Gasteiger partial charge < -0.3 is 9.53 Å².